The Kier molecular flexibility index (Phi) is 6.43. The molecule has 0 N–H and O–H groups in total. The molecule has 0 saturated carbocycles. The minimum Gasteiger partial charge on any atom is -0.440 e. The maximum absolute atomic E-state index is 5.98. The fourth-order valence-electron chi connectivity index (χ4n) is 3.54. The highest BCUT2D eigenvalue weighted by Crippen LogP contribution is 2.28. The van der Waals surface area contributed by atoms with Crippen LogP contribution in [0.3, 0.4) is 0 Å². The number of hydrogen-bond donors (Lipinski definition) is 0. The molecular weight excluding hydrogens is 446 g/mol. The summed E-state index contributed by atoms with van der Waals surface area (Å²) in [7, 11) is 0. The lowest BCUT2D eigenvalue weighted by atomic mass is 10.2. The van der Waals surface area contributed by atoms with Crippen molar-refractivity contribution >= 4 is 29.3 Å². The lowest BCUT2D eigenvalue weighted by Gasteiger charge is -2.28. The van der Waals surface area contributed by atoms with Crippen molar-refractivity contribution in [3.8, 4) is 11.3 Å². The van der Waals surface area contributed by atoms with Crippen LogP contribution in [0, 0.1) is 0 Å². The number of benzene rings is 2. The lowest BCUT2D eigenvalue weighted by molar-refractivity contribution is 0.121. The predicted octanol–water partition coefficient (Wildman–Crippen LogP) is 4.76. The van der Waals surface area contributed by atoms with Gasteiger partial charge in [0.1, 0.15) is 0 Å². The number of oxazole rings is 1. The monoisotopic (exact) mass is 467 g/mol. The molecule has 4 aromatic rings. The van der Waals surface area contributed by atoms with E-state index >= 15 is 0 Å². The molecule has 5 rings (SSSR count). The van der Waals surface area contributed by atoms with Crippen LogP contribution >= 0.6 is 23.4 Å². The SMILES string of the molecule is Clc1ccc(-c2cnc(CSc3nnc(N4CCOCC4)n3Cc3ccccc3)o2)cc1. The van der Waals surface area contributed by atoms with E-state index in [-0.39, 0.29) is 0 Å². The van der Waals surface area contributed by atoms with Crippen LogP contribution in [0.4, 0.5) is 5.95 Å². The first-order chi connectivity index (χ1) is 15.8. The molecule has 32 heavy (non-hydrogen) atoms. The minimum atomic E-state index is 0.559. The first-order valence-corrected chi connectivity index (χ1v) is 11.8. The number of rotatable bonds is 7. The van der Waals surface area contributed by atoms with Gasteiger partial charge in [0.05, 0.1) is 31.7 Å². The number of hydrogen-bond acceptors (Lipinski definition) is 7. The number of aromatic nitrogens is 4. The first-order valence-electron chi connectivity index (χ1n) is 10.4. The fraction of sp³-hybridized carbons (Fsp3) is 0.261. The summed E-state index contributed by atoms with van der Waals surface area (Å²) in [6.45, 7) is 3.71. The Morgan fingerprint density at radius 3 is 2.53 bits per heavy atom. The van der Waals surface area contributed by atoms with Crippen LogP contribution in [-0.2, 0) is 17.0 Å². The fourth-order valence-corrected chi connectivity index (χ4v) is 4.45. The molecule has 1 fully saturated rings. The number of halogens is 1. The zero-order valence-electron chi connectivity index (χ0n) is 17.4. The molecule has 0 amide bonds. The minimum absolute atomic E-state index is 0.559. The quantitative estimate of drug-likeness (QED) is 0.363. The van der Waals surface area contributed by atoms with Crippen LogP contribution < -0.4 is 4.90 Å². The van der Waals surface area contributed by atoms with Gasteiger partial charge in [-0.15, -0.1) is 10.2 Å². The normalized spacial score (nSPS) is 14.1. The van der Waals surface area contributed by atoms with E-state index in [4.69, 9.17) is 20.8 Å². The summed E-state index contributed by atoms with van der Waals surface area (Å²) in [5.74, 6) is 2.79. The van der Waals surface area contributed by atoms with Gasteiger partial charge < -0.3 is 14.1 Å². The van der Waals surface area contributed by atoms with Gasteiger partial charge in [-0.3, -0.25) is 4.57 Å². The molecule has 0 radical (unpaired) electrons. The molecule has 164 valence electrons. The second kappa shape index (κ2) is 9.77. The van der Waals surface area contributed by atoms with Crippen molar-refractivity contribution in [3.05, 3.63) is 77.3 Å². The van der Waals surface area contributed by atoms with E-state index in [1.807, 2.05) is 42.5 Å². The van der Waals surface area contributed by atoms with E-state index in [0.717, 1.165) is 35.5 Å². The van der Waals surface area contributed by atoms with Gasteiger partial charge in [0.25, 0.3) is 0 Å². The summed E-state index contributed by atoms with van der Waals surface area (Å²) in [6, 6.07) is 17.9. The van der Waals surface area contributed by atoms with Crippen molar-refractivity contribution < 1.29 is 9.15 Å². The summed E-state index contributed by atoms with van der Waals surface area (Å²) in [5, 5.41) is 10.5. The van der Waals surface area contributed by atoms with Gasteiger partial charge in [-0.05, 0) is 29.8 Å². The summed E-state index contributed by atoms with van der Waals surface area (Å²) in [6.07, 6.45) is 1.74. The van der Waals surface area contributed by atoms with Gasteiger partial charge in [-0.1, -0.05) is 53.7 Å². The average Bonchev–Trinajstić information content (AvgIpc) is 3.47. The topological polar surface area (TPSA) is 69.2 Å². The zero-order chi connectivity index (χ0) is 21.8. The molecule has 1 aliphatic heterocycles. The molecule has 0 unspecified atom stereocenters. The van der Waals surface area contributed by atoms with Crippen LogP contribution in [0.25, 0.3) is 11.3 Å². The van der Waals surface area contributed by atoms with Crippen LogP contribution in [0.5, 0.6) is 0 Å². The maximum Gasteiger partial charge on any atom is 0.228 e. The Morgan fingerprint density at radius 1 is 0.969 bits per heavy atom. The van der Waals surface area contributed by atoms with E-state index < -0.39 is 0 Å². The van der Waals surface area contributed by atoms with Gasteiger partial charge in [0, 0.05) is 23.7 Å². The van der Waals surface area contributed by atoms with Gasteiger partial charge in [0.15, 0.2) is 10.9 Å². The Balaban J connectivity index is 1.35. The van der Waals surface area contributed by atoms with Crippen LogP contribution in [0.15, 0.2) is 70.4 Å². The Morgan fingerprint density at radius 2 is 1.75 bits per heavy atom. The second-order valence-electron chi connectivity index (χ2n) is 7.37. The number of morpholine rings is 1. The molecule has 0 bridgehead atoms. The number of thioether (sulfide) groups is 1. The second-order valence-corrected chi connectivity index (χ2v) is 8.75. The molecule has 0 atom stereocenters. The van der Waals surface area contributed by atoms with Gasteiger partial charge in [0.2, 0.25) is 11.8 Å². The van der Waals surface area contributed by atoms with Crippen molar-refractivity contribution in [2.45, 2.75) is 17.5 Å². The summed E-state index contributed by atoms with van der Waals surface area (Å²) >= 11 is 7.55. The molecule has 1 aliphatic rings. The third-order valence-electron chi connectivity index (χ3n) is 5.18. The maximum atomic E-state index is 5.98. The number of ether oxygens (including phenoxy) is 1. The third-order valence-corrected chi connectivity index (χ3v) is 6.39. The van der Waals surface area contributed by atoms with E-state index in [1.54, 1.807) is 18.0 Å². The van der Waals surface area contributed by atoms with Crippen LogP contribution in [0.2, 0.25) is 5.02 Å². The van der Waals surface area contributed by atoms with E-state index in [9.17, 15) is 0 Å². The zero-order valence-corrected chi connectivity index (χ0v) is 18.9. The van der Waals surface area contributed by atoms with Crippen LogP contribution in [0.1, 0.15) is 11.5 Å². The molecule has 2 aromatic heterocycles. The Labute approximate surface area is 195 Å². The van der Waals surface area contributed by atoms with Gasteiger partial charge in [-0.25, -0.2) is 4.98 Å². The predicted molar refractivity (Wildman–Crippen MR) is 125 cm³/mol. The molecule has 0 spiro atoms. The highest BCUT2D eigenvalue weighted by molar-refractivity contribution is 7.98. The average molecular weight is 468 g/mol. The Bertz CT molecular complexity index is 1160. The lowest BCUT2D eigenvalue weighted by Crippen LogP contribution is -2.38. The van der Waals surface area contributed by atoms with Crippen molar-refractivity contribution in [2.24, 2.45) is 0 Å². The van der Waals surface area contributed by atoms with Crippen molar-refractivity contribution in [3.63, 3.8) is 0 Å². The van der Waals surface area contributed by atoms with Crippen molar-refractivity contribution in [1.82, 2.24) is 19.7 Å². The molecule has 1 saturated heterocycles. The van der Waals surface area contributed by atoms with Crippen LogP contribution in [-0.4, -0.2) is 46.1 Å². The molecule has 3 heterocycles. The molecule has 9 heteroatoms. The highest BCUT2D eigenvalue weighted by atomic mass is 35.5. The summed E-state index contributed by atoms with van der Waals surface area (Å²) in [5.41, 5.74) is 2.14. The smallest absolute Gasteiger partial charge is 0.228 e. The standard InChI is InChI=1S/C23H22ClN5O2S/c24-19-8-6-18(7-9-19)20-14-25-21(31-20)16-32-23-27-26-22(28-10-12-30-13-11-28)29(23)15-17-4-2-1-3-5-17/h1-9,14H,10-13,15-16H2. The first kappa shape index (κ1) is 21.1. The van der Waals surface area contributed by atoms with Crippen molar-refractivity contribution in [1.29, 1.82) is 0 Å². The van der Waals surface area contributed by atoms with E-state index in [0.29, 0.717) is 36.4 Å². The number of anilines is 1. The summed E-state index contributed by atoms with van der Waals surface area (Å²) in [4.78, 5) is 6.66. The largest absolute Gasteiger partial charge is 0.440 e. The molecule has 0 aliphatic carbocycles. The molecular formula is C23H22ClN5O2S. The highest BCUT2D eigenvalue weighted by Gasteiger charge is 2.21. The molecule has 7 nitrogen and oxygen atoms in total. The van der Waals surface area contributed by atoms with Gasteiger partial charge >= 0.3 is 0 Å². The van der Waals surface area contributed by atoms with Gasteiger partial charge in [-0.2, -0.15) is 0 Å². The third kappa shape index (κ3) is 4.82. The number of nitrogens with zero attached hydrogens (tertiary/aromatic N) is 5. The van der Waals surface area contributed by atoms with E-state index in [2.05, 4.69) is 36.8 Å². The summed E-state index contributed by atoms with van der Waals surface area (Å²) < 4.78 is 13.6. The van der Waals surface area contributed by atoms with E-state index in [1.165, 1.54) is 5.56 Å². The molecule has 2 aromatic carbocycles. The van der Waals surface area contributed by atoms with Crippen molar-refractivity contribution in [2.75, 3.05) is 31.2 Å². The Hall–Kier alpha value is -2.81.